The summed E-state index contributed by atoms with van der Waals surface area (Å²) in [4.78, 5) is 0. The van der Waals surface area contributed by atoms with Crippen molar-refractivity contribution in [2.75, 3.05) is 6.61 Å². The molecule has 0 aliphatic carbocycles. The summed E-state index contributed by atoms with van der Waals surface area (Å²) in [5, 5.41) is 11.6. The number of aromatic nitrogens is 1. The van der Waals surface area contributed by atoms with Crippen molar-refractivity contribution < 1.29 is 5.11 Å². The summed E-state index contributed by atoms with van der Waals surface area (Å²) < 4.78 is 3.24. The molecule has 86 valence electrons. The number of aliphatic hydroxyl groups is 1. The molecular formula is C14H12BrNO. The van der Waals surface area contributed by atoms with Gasteiger partial charge in [0.25, 0.3) is 0 Å². The summed E-state index contributed by atoms with van der Waals surface area (Å²) in [6, 6.07) is 14.6. The van der Waals surface area contributed by atoms with Crippen LogP contribution < -0.4 is 0 Å². The SMILES string of the molecule is OCCn1c2ccccc2c2cc(Br)ccc21. The standard InChI is InChI=1S/C14H12BrNO/c15-10-5-6-14-12(9-10)11-3-1-2-4-13(11)16(14)7-8-17/h1-6,9,17H,7-8H2. The molecular weight excluding hydrogens is 278 g/mol. The Morgan fingerprint density at radius 3 is 2.59 bits per heavy atom. The molecule has 3 heteroatoms. The Bertz CT molecular complexity index is 687. The third kappa shape index (κ3) is 1.66. The van der Waals surface area contributed by atoms with Crippen LogP contribution in [-0.4, -0.2) is 16.3 Å². The lowest BCUT2D eigenvalue weighted by molar-refractivity contribution is 0.280. The van der Waals surface area contributed by atoms with Gasteiger partial charge in [-0.15, -0.1) is 0 Å². The number of aliphatic hydroxyl groups excluding tert-OH is 1. The van der Waals surface area contributed by atoms with Gasteiger partial charge in [-0.25, -0.2) is 0 Å². The minimum atomic E-state index is 0.157. The lowest BCUT2D eigenvalue weighted by atomic mass is 10.2. The van der Waals surface area contributed by atoms with Crippen LogP contribution in [0, 0.1) is 0 Å². The number of hydrogen-bond acceptors (Lipinski definition) is 1. The number of halogens is 1. The largest absolute Gasteiger partial charge is 0.395 e. The van der Waals surface area contributed by atoms with Gasteiger partial charge in [0.05, 0.1) is 6.61 Å². The average molecular weight is 290 g/mol. The molecule has 3 aromatic rings. The Morgan fingerprint density at radius 2 is 1.76 bits per heavy atom. The quantitative estimate of drug-likeness (QED) is 0.767. The Balaban J connectivity index is 2.48. The fraction of sp³-hybridized carbons (Fsp3) is 0.143. The fourth-order valence-corrected chi connectivity index (χ4v) is 2.73. The summed E-state index contributed by atoms with van der Waals surface area (Å²) in [6.07, 6.45) is 0. The summed E-state index contributed by atoms with van der Waals surface area (Å²) >= 11 is 3.51. The fourth-order valence-electron chi connectivity index (χ4n) is 2.37. The Morgan fingerprint density at radius 1 is 1.00 bits per heavy atom. The zero-order valence-electron chi connectivity index (χ0n) is 9.23. The molecule has 2 aromatic carbocycles. The van der Waals surface area contributed by atoms with E-state index in [0.717, 1.165) is 4.47 Å². The Hall–Kier alpha value is -1.32. The molecule has 0 atom stereocenters. The van der Waals surface area contributed by atoms with Crippen LogP contribution in [0.15, 0.2) is 46.9 Å². The lowest BCUT2D eigenvalue weighted by Gasteiger charge is -2.04. The van der Waals surface area contributed by atoms with Gasteiger partial charge in [-0.2, -0.15) is 0 Å². The molecule has 0 bridgehead atoms. The summed E-state index contributed by atoms with van der Waals surface area (Å²) in [5.74, 6) is 0. The van der Waals surface area contributed by atoms with E-state index in [2.05, 4.69) is 44.8 Å². The molecule has 0 saturated heterocycles. The van der Waals surface area contributed by atoms with Crippen molar-refractivity contribution in [2.45, 2.75) is 6.54 Å². The second-order valence-corrected chi connectivity index (χ2v) is 4.97. The van der Waals surface area contributed by atoms with Gasteiger partial charge in [0.2, 0.25) is 0 Å². The van der Waals surface area contributed by atoms with Crippen LogP contribution in [0.4, 0.5) is 0 Å². The van der Waals surface area contributed by atoms with Crippen molar-refractivity contribution in [1.29, 1.82) is 0 Å². The highest BCUT2D eigenvalue weighted by molar-refractivity contribution is 9.10. The van der Waals surface area contributed by atoms with Gasteiger partial charge in [0.1, 0.15) is 0 Å². The number of rotatable bonds is 2. The average Bonchev–Trinajstić information content (AvgIpc) is 2.65. The minimum Gasteiger partial charge on any atom is -0.395 e. The number of benzene rings is 2. The molecule has 0 saturated carbocycles. The summed E-state index contributed by atoms with van der Waals surface area (Å²) in [6.45, 7) is 0.787. The molecule has 2 nitrogen and oxygen atoms in total. The number of nitrogens with zero attached hydrogens (tertiary/aromatic N) is 1. The predicted octanol–water partition coefficient (Wildman–Crippen LogP) is 3.55. The highest BCUT2D eigenvalue weighted by Gasteiger charge is 2.09. The molecule has 1 aromatic heterocycles. The number of hydrogen-bond donors (Lipinski definition) is 1. The molecule has 17 heavy (non-hydrogen) atoms. The van der Waals surface area contributed by atoms with E-state index in [0.29, 0.717) is 6.54 Å². The summed E-state index contributed by atoms with van der Waals surface area (Å²) in [5.41, 5.74) is 2.35. The second kappa shape index (κ2) is 4.17. The van der Waals surface area contributed by atoms with Crippen LogP contribution in [0.5, 0.6) is 0 Å². The van der Waals surface area contributed by atoms with Crippen molar-refractivity contribution in [3.8, 4) is 0 Å². The maximum atomic E-state index is 9.18. The first-order chi connectivity index (χ1) is 8.31. The van der Waals surface area contributed by atoms with Crippen LogP contribution in [0.1, 0.15) is 0 Å². The number of para-hydroxylation sites is 1. The van der Waals surface area contributed by atoms with Crippen molar-refractivity contribution in [3.63, 3.8) is 0 Å². The van der Waals surface area contributed by atoms with E-state index in [1.165, 1.54) is 21.8 Å². The molecule has 0 aliphatic heterocycles. The van der Waals surface area contributed by atoms with Crippen LogP contribution in [0.25, 0.3) is 21.8 Å². The van der Waals surface area contributed by atoms with Gasteiger partial charge >= 0.3 is 0 Å². The van der Waals surface area contributed by atoms with E-state index in [-0.39, 0.29) is 6.61 Å². The monoisotopic (exact) mass is 289 g/mol. The minimum absolute atomic E-state index is 0.157. The topological polar surface area (TPSA) is 25.2 Å². The van der Waals surface area contributed by atoms with Gasteiger partial charge < -0.3 is 9.67 Å². The molecule has 0 radical (unpaired) electrons. The van der Waals surface area contributed by atoms with Crippen molar-refractivity contribution >= 4 is 37.7 Å². The first-order valence-corrected chi connectivity index (χ1v) is 6.38. The number of fused-ring (bicyclic) bond motifs is 3. The smallest absolute Gasteiger partial charge is 0.0610 e. The first-order valence-electron chi connectivity index (χ1n) is 5.58. The summed E-state index contributed by atoms with van der Waals surface area (Å²) in [7, 11) is 0. The normalized spacial score (nSPS) is 11.4. The van der Waals surface area contributed by atoms with Gasteiger partial charge in [0.15, 0.2) is 0 Å². The Kier molecular flexibility index (Phi) is 2.65. The molecule has 3 rings (SSSR count). The molecule has 1 N–H and O–H groups in total. The molecule has 0 spiro atoms. The van der Waals surface area contributed by atoms with Gasteiger partial charge in [-0.3, -0.25) is 0 Å². The predicted molar refractivity (Wildman–Crippen MR) is 74.2 cm³/mol. The molecule has 0 amide bonds. The molecule has 0 aliphatic rings. The van der Waals surface area contributed by atoms with Crippen LogP contribution in [0.3, 0.4) is 0 Å². The zero-order valence-corrected chi connectivity index (χ0v) is 10.8. The molecule has 0 unspecified atom stereocenters. The maximum absolute atomic E-state index is 9.18. The third-order valence-electron chi connectivity index (χ3n) is 3.06. The van der Waals surface area contributed by atoms with Crippen molar-refractivity contribution in [3.05, 3.63) is 46.9 Å². The van der Waals surface area contributed by atoms with E-state index in [4.69, 9.17) is 0 Å². The highest BCUT2D eigenvalue weighted by atomic mass is 79.9. The molecule has 0 fully saturated rings. The van der Waals surface area contributed by atoms with Crippen LogP contribution >= 0.6 is 15.9 Å². The van der Waals surface area contributed by atoms with Gasteiger partial charge in [-0.1, -0.05) is 34.1 Å². The maximum Gasteiger partial charge on any atom is 0.0610 e. The second-order valence-electron chi connectivity index (χ2n) is 4.05. The van der Waals surface area contributed by atoms with Crippen LogP contribution in [-0.2, 0) is 6.54 Å². The first kappa shape index (κ1) is 10.8. The van der Waals surface area contributed by atoms with E-state index in [1.54, 1.807) is 0 Å². The van der Waals surface area contributed by atoms with Gasteiger partial charge in [0, 0.05) is 32.8 Å². The highest BCUT2D eigenvalue weighted by Crippen LogP contribution is 2.30. The van der Waals surface area contributed by atoms with E-state index >= 15 is 0 Å². The van der Waals surface area contributed by atoms with E-state index in [9.17, 15) is 5.11 Å². The van der Waals surface area contributed by atoms with Crippen molar-refractivity contribution in [2.24, 2.45) is 0 Å². The Labute approximate surface area is 108 Å². The van der Waals surface area contributed by atoms with Crippen LogP contribution in [0.2, 0.25) is 0 Å². The van der Waals surface area contributed by atoms with E-state index in [1.807, 2.05) is 18.2 Å². The third-order valence-corrected chi connectivity index (χ3v) is 3.55. The van der Waals surface area contributed by atoms with E-state index < -0.39 is 0 Å². The molecule has 1 heterocycles. The van der Waals surface area contributed by atoms with Crippen molar-refractivity contribution in [1.82, 2.24) is 4.57 Å². The zero-order chi connectivity index (χ0) is 11.8. The lowest BCUT2D eigenvalue weighted by Crippen LogP contribution is -2.00. The van der Waals surface area contributed by atoms with Gasteiger partial charge in [-0.05, 0) is 24.3 Å².